The minimum absolute atomic E-state index is 0.285. The molecule has 0 saturated carbocycles. The molecule has 3 aromatic heterocycles. The molecule has 4 nitrogen and oxygen atoms in total. The van der Waals surface area contributed by atoms with E-state index < -0.39 is 0 Å². The number of imidazole rings is 1. The maximum Gasteiger partial charge on any atom is 0.149 e. The molecule has 0 aliphatic heterocycles. The van der Waals surface area contributed by atoms with Gasteiger partial charge in [0.05, 0.1) is 33.3 Å². The molecule has 9 rings (SSSR count). The molecule has 0 fully saturated rings. The Balaban J connectivity index is 1.34. The third kappa shape index (κ3) is 4.44. The lowest BCUT2D eigenvalue weighted by Crippen LogP contribution is -2.09. The van der Waals surface area contributed by atoms with Gasteiger partial charge in [0.1, 0.15) is 17.0 Å². The molecule has 0 saturated heterocycles. The van der Waals surface area contributed by atoms with Crippen LogP contribution >= 0.6 is 0 Å². The predicted octanol–water partition coefficient (Wildman–Crippen LogP) is 12.2. The molecule has 0 aliphatic rings. The standard InChI is InChI=1S/C44H35N3O/c1-26(2)34-22-30(28-13-6-5-7-14-28)23-35(27(3)4)42(34)47-40-20-11-10-19-38(40)46-44(47)33-17-12-16-32-36-25-39-31(24-41(36)48-43(32)33)21-29-15-8-9-18-37(29)45-39/h5-27H,1-4H3. The van der Waals surface area contributed by atoms with Crippen molar-refractivity contribution in [1.82, 2.24) is 14.5 Å². The summed E-state index contributed by atoms with van der Waals surface area (Å²) in [6.07, 6.45) is 0. The predicted molar refractivity (Wildman–Crippen MR) is 200 cm³/mol. The van der Waals surface area contributed by atoms with Gasteiger partial charge in [-0.25, -0.2) is 9.97 Å². The molecule has 0 aliphatic carbocycles. The maximum atomic E-state index is 6.80. The number of hydrogen-bond acceptors (Lipinski definition) is 3. The van der Waals surface area contributed by atoms with Gasteiger partial charge in [0.2, 0.25) is 0 Å². The largest absolute Gasteiger partial charge is 0.455 e. The zero-order valence-electron chi connectivity index (χ0n) is 27.5. The molecule has 0 bridgehead atoms. The second-order valence-electron chi connectivity index (χ2n) is 13.4. The Morgan fingerprint density at radius 1 is 0.542 bits per heavy atom. The van der Waals surface area contributed by atoms with Crippen LogP contribution in [0.2, 0.25) is 0 Å². The number of nitrogens with zero attached hydrogens (tertiary/aromatic N) is 3. The quantitative estimate of drug-likeness (QED) is 0.180. The first-order valence-electron chi connectivity index (χ1n) is 16.8. The first-order chi connectivity index (χ1) is 23.4. The van der Waals surface area contributed by atoms with Crippen molar-refractivity contribution in [2.45, 2.75) is 39.5 Å². The van der Waals surface area contributed by atoms with E-state index in [2.05, 4.69) is 154 Å². The van der Waals surface area contributed by atoms with E-state index in [1.807, 2.05) is 6.07 Å². The molecule has 0 spiro atoms. The minimum atomic E-state index is 0.285. The molecule has 3 heterocycles. The molecule has 6 aromatic carbocycles. The normalized spacial score (nSPS) is 12.1. The fourth-order valence-corrected chi connectivity index (χ4v) is 7.29. The van der Waals surface area contributed by atoms with Gasteiger partial charge in [-0.1, -0.05) is 100 Å². The molecule has 4 heteroatoms. The summed E-state index contributed by atoms with van der Waals surface area (Å²) in [7, 11) is 0. The summed E-state index contributed by atoms with van der Waals surface area (Å²) in [5.41, 5.74) is 12.9. The molecule has 0 unspecified atom stereocenters. The lowest BCUT2D eigenvalue weighted by atomic mass is 9.88. The highest BCUT2D eigenvalue weighted by atomic mass is 16.3. The van der Waals surface area contributed by atoms with E-state index in [-0.39, 0.29) is 11.8 Å². The Kier molecular flexibility index (Phi) is 6.48. The van der Waals surface area contributed by atoms with E-state index in [4.69, 9.17) is 14.4 Å². The Morgan fingerprint density at radius 3 is 2.02 bits per heavy atom. The molecular formula is C44H35N3O. The summed E-state index contributed by atoms with van der Waals surface area (Å²) in [5, 5.41) is 4.30. The van der Waals surface area contributed by atoms with E-state index in [1.54, 1.807) is 0 Å². The zero-order chi connectivity index (χ0) is 32.5. The fraction of sp³-hybridized carbons (Fsp3) is 0.136. The monoisotopic (exact) mass is 621 g/mol. The van der Waals surface area contributed by atoms with Crippen molar-refractivity contribution in [2.24, 2.45) is 0 Å². The molecule has 9 aromatic rings. The van der Waals surface area contributed by atoms with Crippen LogP contribution in [0.3, 0.4) is 0 Å². The Morgan fingerprint density at radius 2 is 1.25 bits per heavy atom. The van der Waals surface area contributed by atoms with Crippen molar-refractivity contribution < 1.29 is 4.42 Å². The number of fused-ring (bicyclic) bond motifs is 6. The van der Waals surface area contributed by atoms with E-state index in [1.165, 1.54) is 27.9 Å². The lowest BCUT2D eigenvalue weighted by Gasteiger charge is -2.24. The smallest absolute Gasteiger partial charge is 0.149 e. The van der Waals surface area contributed by atoms with Gasteiger partial charge in [0.15, 0.2) is 0 Å². The van der Waals surface area contributed by atoms with Gasteiger partial charge in [-0.15, -0.1) is 0 Å². The summed E-state index contributed by atoms with van der Waals surface area (Å²) in [6, 6.07) is 45.1. The van der Waals surface area contributed by atoms with Gasteiger partial charge in [-0.3, -0.25) is 4.57 Å². The Hall–Kier alpha value is -5.74. The van der Waals surface area contributed by atoms with Crippen molar-refractivity contribution in [3.63, 3.8) is 0 Å². The first-order valence-corrected chi connectivity index (χ1v) is 16.8. The van der Waals surface area contributed by atoms with Gasteiger partial charge in [-0.2, -0.15) is 0 Å². The van der Waals surface area contributed by atoms with Gasteiger partial charge >= 0.3 is 0 Å². The van der Waals surface area contributed by atoms with Crippen molar-refractivity contribution >= 4 is 54.8 Å². The van der Waals surface area contributed by atoms with Gasteiger partial charge in [0, 0.05) is 21.5 Å². The van der Waals surface area contributed by atoms with E-state index in [0.717, 1.165) is 66.2 Å². The second kappa shape index (κ2) is 10.9. The van der Waals surface area contributed by atoms with Crippen LogP contribution in [0, 0.1) is 0 Å². The number of pyridine rings is 1. The highest BCUT2D eigenvalue weighted by Crippen LogP contribution is 2.43. The number of furan rings is 1. The van der Waals surface area contributed by atoms with Crippen LogP contribution in [0.4, 0.5) is 0 Å². The maximum absolute atomic E-state index is 6.80. The summed E-state index contributed by atoms with van der Waals surface area (Å²) >= 11 is 0. The third-order valence-electron chi connectivity index (χ3n) is 9.68. The van der Waals surface area contributed by atoms with Crippen LogP contribution < -0.4 is 0 Å². The van der Waals surface area contributed by atoms with Crippen molar-refractivity contribution in [1.29, 1.82) is 0 Å². The average molecular weight is 622 g/mol. The van der Waals surface area contributed by atoms with Crippen LogP contribution in [0.1, 0.15) is 50.7 Å². The summed E-state index contributed by atoms with van der Waals surface area (Å²) < 4.78 is 9.19. The van der Waals surface area contributed by atoms with Crippen molar-refractivity contribution in [3.8, 4) is 28.2 Å². The molecule has 48 heavy (non-hydrogen) atoms. The van der Waals surface area contributed by atoms with Gasteiger partial charge < -0.3 is 4.42 Å². The van der Waals surface area contributed by atoms with E-state index in [9.17, 15) is 0 Å². The molecule has 0 N–H and O–H groups in total. The van der Waals surface area contributed by atoms with Crippen molar-refractivity contribution in [3.05, 3.63) is 139 Å². The molecule has 0 radical (unpaired) electrons. The molecule has 0 amide bonds. The van der Waals surface area contributed by atoms with Crippen molar-refractivity contribution in [2.75, 3.05) is 0 Å². The van der Waals surface area contributed by atoms with Crippen LogP contribution in [0.5, 0.6) is 0 Å². The summed E-state index contributed by atoms with van der Waals surface area (Å²) in [6.45, 7) is 9.16. The number of rotatable bonds is 5. The number of para-hydroxylation sites is 4. The minimum Gasteiger partial charge on any atom is -0.455 e. The van der Waals surface area contributed by atoms with Gasteiger partial charge in [0.25, 0.3) is 0 Å². The Labute approximate surface area is 279 Å². The SMILES string of the molecule is CC(C)c1cc(-c2ccccc2)cc(C(C)C)c1-n1c(-c2cccc3c2oc2cc4cc5ccccc5nc4cc23)nc2ccccc21. The van der Waals surface area contributed by atoms with E-state index >= 15 is 0 Å². The number of aromatic nitrogens is 3. The lowest BCUT2D eigenvalue weighted by molar-refractivity contribution is 0.670. The topological polar surface area (TPSA) is 43.9 Å². The molecular weight excluding hydrogens is 587 g/mol. The third-order valence-corrected chi connectivity index (χ3v) is 9.68. The van der Waals surface area contributed by atoms with Crippen LogP contribution in [0.25, 0.3) is 83.0 Å². The number of hydrogen-bond donors (Lipinski definition) is 0. The molecule has 232 valence electrons. The second-order valence-corrected chi connectivity index (χ2v) is 13.4. The average Bonchev–Trinajstić information content (AvgIpc) is 3.67. The Bertz CT molecular complexity index is 2650. The molecule has 0 atom stereocenters. The van der Waals surface area contributed by atoms with Crippen LogP contribution in [-0.4, -0.2) is 14.5 Å². The fourth-order valence-electron chi connectivity index (χ4n) is 7.29. The number of benzene rings is 6. The van der Waals surface area contributed by atoms with Crippen LogP contribution in [-0.2, 0) is 0 Å². The summed E-state index contributed by atoms with van der Waals surface area (Å²) in [4.78, 5) is 10.3. The van der Waals surface area contributed by atoms with Gasteiger partial charge in [-0.05, 0) is 88.7 Å². The highest BCUT2D eigenvalue weighted by molar-refractivity contribution is 6.13. The first kappa shape index (κ1) is 28.5. The highest BCUT2D eigenvalue weighted by Gasteiger charge is 2.25. The van der Waals surface area contributed by atoms with E-state index in [0.29, 0.717) is 0 Å². The summed E-state index contributed by atoms with van der Waals surface area (Å²) in [5.74, 6) is 1.45. The van der Waals surface area contributed by atoms with Crippen LogP contribution in [0.15, 0.2) is 132 Å². The zero-order valence-corrected chi connectivity index (χ0v) is 27.5.